The third kappa shape index (κ3) is 5.46. The second-order valence-corrected chi connectivity index (χ2v) is 10.1. The lowest BCUT2D eigenvalue weighted by molar-refractivity contribution is -0.171. The van der Waals surface area contributed by atoms with Crippen LogP contribution in [0.1, 0.15) is 51.2 Å². The number of esters is 1. The Morgan fingerprint density at radius 3 is 2.48 bits per heavy atom. The van der Waals surface area contributed by atoms with E-state index >= 15 is 0 Å². The first-order valence-electron chi connectivity index (χ1n) is 11.5. The van der Waals surface area contributed by atoms with E-state index in [1.54, 1.807) is 26.8 Å². The Hall–Kier alpha value is -2.26. The van der Waals surface area contributed by atoms with Gasteiger partial charge in [0.25, 0.3) is 0 Å². The van der Waals surface area contributed by atoms with Gasteiger partial charge in [0.2, 0.25) is 5.91 Å². The molecule has 0 saturated carbocycles. The van der Waals surface area contributed by atoms with E-state index in [0.717, 1.165) is 0 Å². The predicted octanol–water partition coefficient (Wildman–Crippen LogP) is 1.56. The number of fused-ring (bicyclic) bond motifs is 2. The number of ether oxygens (including phenoxy) is 3. The number of carbonyl (C=O) groups is 2. The summed E-state index contributed by atoms with van der Waals surface area (Å²) in [5.41, 5.74) is 2.14. The number of hydrogen-bond acceptors (Lipinski definition) is 7. The van der Waals surface area contributed by atoms with Crippen LogP contribution >= 0.6 is 0 Å². The lowest BCUT2D eigenvalue weighted by Crippen LogP contribution is -2.44. The van der Waals surface area contributed by atoms with Gasteiger partial charge in [0.05, 0.1) is 18.8 Å². The van der Waals surface area contributed by atoms with Gasteiger partial charge in [-0.05, 0) is 44.4 Å². The number of hydrogen-bond donors (Lipinski definition) is 3. The third-order valence-electron chi connectivity index (χ3n) is 6.20. The van der Waals surface area contributed by atoms with Gasteiger partial charge in [0.1, 0.15) is 17.8 Å². The first-order chi connectivity index (χ1) is 15.6. The zero-order valence-electron chi connectivity index (χ0n) is 19.4. The fourth-order valence-electron chi connectivity index (χ4n) is 4.74. The van der Waals surface area contributed by atoms with Gasteiger partial charge in [-0.25, -0.2) is 0 Å². The number of aliphatic hydroxyl groups is 2. The van der Waals surface area contributed by atoms with Crippen LogP contribution in [0.15, 0.2) is 35.9 Å². The summed E-state index contributed by atoms with van der Waals surface area (Å²) in [6.07, 6.45) is 1.45. The maximum Gasteiger partial charge on any atom is 0.306 e. The number of rotatable bonds is 6. The van der Waals surface area contributed by atoms with Crippen molar-refractivity contribution in [3.63, 3.8) is 0 Å². The molecule has 0 bridgehead atoms. The molecule has 180 valence electrons. The molecule has 1 aromatic carbocycles. The van der Waals surface area contributed by atoms with E-state index in [4.69, 9.17) is 14.2 Å². The van der Waals surface area contributed by atoms with Crippen LogP contribution in [0.2, 0.25) is 0 Å². The smallest absolute Gasteiger partial charge is 0.306 e. The molecule has 0 radical (unpaired) electrons. The topological polar surface area (TPSA) is 114 Å². The number of nitrogens with one attached hydrogen (secondary N) is 1. The molecule has 8 heteroatoms. The Bertz CT molecular complexity index is 910. The lowest BCUT2D eigenvalue weighted by Gasteiger charge is -2.27. The number of benzene rings is 1. The van der Waals surface area contributed by atoms with Gasteiger partial charge in [-0.1, -0.05) is 24.3 Å². The van der Waals surface area contributed by atoms with Gasteiger partial charge < -0.3 is 29.7 Å². The van der Waals surface area contributed by atoms with Crippen molar-refractivity contribution in [2.75, 3.05) is 6.61 Å². The van der Waals surface area contributed by atoms with Gasteiger partial charge >= 0.3 is 5.97 Å². The van der Waals surface area contributed by atoms with Crippen molar-refractivity contribution in [3.05, 3.63) is 47.0 Å². The lowest BCUT2D eigenvalue weighted by atomic mass is 9.91. The Morgan fingerprint density at radius 1 is 1.21 bits per heavy atom. The summed E-state index contributed by atoms with van der Waals surface area (Å²) in [6.45, 7) is 5.05. The highest BCUT2D eigenvalue weighted by Gasteiger charge is 2.53. The van der Waals surface area contributed by atoms with Crippen LogP contribution < -0.4 is 5.32 Å². The van der Waals surface area contributed by atoms with Gasteiger partial charge in [-0.3, -0.25) is 9.59 Å². The van der Waals surface area contributed by atoms with Gasteiger partial charge in [0, 0.05) is 31.3 Å². The monoisotopic (exact) mass is 459 g/mol. The van der Waals surface area contributed by atoms with E-state index in [0.29, 0.717) is 18.4 Å². The molecule has 0 unspecified atom stereocenters. The molecule has 1 amide bonds. The minimum absolute atomic E-state index is 0.0786. The zero-order chi connectivity index (χ0) is 23.8. The summed E-state index contributed by atoms with van der Waals surface area (Å²) < 4.78 is 17.7. The van der Waals surface area contributed by atoms with Crippen LogP contribution in [0.4, 0.5) is 0 Å². The highest BCUT2D eigenvalue weighted by Crippen LogP contribution is 2.44. The first-order valence-corrected chi connectivity index (χ1v) is 11.5. The molecule has 2 aliphatic carbocycles. The number of aliphatic hydroxyl groups excluding tert-OH is 2. The molecule has 3 aliphatic rings. The molecule has 3 N–H and O–H groups in total. The van der Waals surface area contributed by atoms with E-state index in [9.17, 15) is 19.8 Å². The van der Waals surface area contributed by atoms with Crippen molar-refractivity contribution in [3.8, 4) is 0 Å². The highest BCUT2D eigenvalue weighted by atomic mass is 16.8. The molecule has 8 nitrogen and oxygen atoms in total. The SMILES string of the molecule is CC(C)(C)OC(=O)CC[C@@H](CO)NC(=O)C1=C[C@H]2OC3(Cc4ccccc4C3)O[C@H]2[C@H](O)C1. The Balaban J connectivity index is 1.36. The minimum atomic E-state index is -0.877. The van der Waals surface area contributed by atoms with E-state index in [-0.39, 0.29) is 31.8 Å². The molecule has 4 rings (SSSR count). The minimum Gasteiger partial charge on any atom is -0.460 e. The molecule has 1 aliphatic heterocycles. The van der Waals surface area contributed by atoms with Crippen LogP contribution in [0, 0.1) is 0 Å². The Labute approximate surface area is 193 Å². The van der Waals surface area contributed by atoms with Crippen molar-refractivity contribution in [2.24, 2.45) is 0 Å². The number of amides is 1. The van der Waals surface area contributed by atoms with E-state index in [1.807, 2.05) is 12.1 Å². The fraction of sp³-hybridized carbons (Fsp3) is 0.600. The summed E-state index contributed by atoms with van der Waals surface area (Å²) in [4.78, 5) is 24.8. The average molecular weight is 460 g/mol. The van der Waals surface area contributed by atoms with Crippen LogP contribution in [0.25, 0.3) is 0 Å². The van der Waals surface area contributed by atoms with Gasteiger partial charge in [0.15, 0.2) is 5.79 Å². The molecule has 1 fully saturated rings. The quantitative estimate of drug-likeness (QED) is 0.553. The molecule has 4 atom stereocenters. The van der Waals surface area contributed by atoms with E-state index < -0.39 is 41.6 Å². The van der Waals surface area contributed by atoms with Gasteiger partial charge in [-0.2, -0.15) is 0 Å². The van der Waals surface area contributed by atoms with Gasteiger partial charge in [-0.15, -0.1) is 0 Å². The van der Waals surface area contributed by atoms with Crippen LogP contribution in [-0.2, 0) is 36.6 Å². The first kappa shape index (κ1) is 23.9. The van der Waals surface area contributed by atoms with Crippen molar-refractivity contribution < 1.29 is 34.0 Å². The van der Waals surface area contributed by atoms with Crippen molar-refractivity contribution in [1.29, 1.82) is 0 Å². The maximum atomic E-state index is 12.9. The summed E-state index contributed by atoms with van der Waals surface area (Å²) in [5, 5.41) is 23.1. The molecule has 1 saturated heterocycles. The van der Waals surface area contributed by atoms with Crippen molar-refractivity contribution in [1.82, 2.24) is 5.32 Å². The molecule has 0 aromatic heterocycles. The molecular weight excluding hydrogens is 426 g/mol. The fourth-order valence-corrected chi connectivity index (χ4v) is 4.74. The normalized spacial score (nSPS) is 26.3. The Kier molecular flexibility index (Phi) is 6.64. The molecule has 1 heterocycles. The standard InChI is InChI=1S/C25H33NO7/c1-24(2,3)32-21(29)9-8-18(14-27)26-23(30)17-10-19(28)22-20(11-17)31-25(33-22)12-15-6-4-5-7-16(15)13-25/h4-7,11,18-20,22,27-28H,8-10,12-14H2,1-3H3,(H,26,30)/t18-,19+,20+,22-/m0/s1. The molecule has 1 spiro atoms. The summed E-state index contributed by atoms with van der Waals surface area (Å²) in [7, 11) is 0. The zero-order valence-corrected chi connectivity index (χ0v) is 19.4. The van der Waals surface area contributed by atoms with Crippen LogP contribution in [-0.4, -0.2) is 64.4 Å². The second-order valence-electron chi connectivity index (χ2n) is 10.1. The Morgan fingerprint density at radius 2 is 1.88 bits per heavy atom. The maximum absolute atomic E-state index is 12.9. The average Bonchev–Trinajstić information content (AvgIpc) is 3.28. The van der Waals surface area contributed by atoms with Crippen LogP contribution in [0.3, 0.4) is 0 Å². The second kappa shape index (κ2) is 9.18. The largest absolute Gasteiger partial charge is 0.460 e. The molecule has 1 aromatic rings. The van der Waals surface area contributed by atoms with Crippen molar-refractivity contribution >= 4 is 11.9 Å². The predicted molar refractivity (Wildman–Crippen MR) is 119 cm³/mol. The number of carbonyl (C=O) groups excluding carboxylic acids is 2. The van der Waals surface area contributed by atoms with Crippen LogP contribution in [0.5, 0.6) is 0 Å². The molecule has 33 heavy (non-hydrogen) atoms. The van der Waals surface area contributed by atoms with E-state index in [1.165, 1.54) is 11.1 Å². The summed E-state index contributed by atoms with van der Waals surface area (Å²) in [6, 6.07) is 7.47. The third-order valence-corrected chi connectivity index (χ3v) is 6.20. The summed E-state index contributed by atoms with van der Waals surface area (Å²) >= 11 is 0. The highest BCUT2D eigenvalue weighted by molar-refractivity contribution is 5.94. The summed E-state index contributed by atoms with van der Waals surface area (Å²) in [5.74, 6) is -1.59. The van der Waals surface area contributed by atoms with Crippen molar-refractivity contribution in [2.45, 2.75) is 88.6 Å². The van der Waals surface area contributed by atoms with E-state index in [2.05, 4.69) is 17.4 Å². The molecular formula is C25H33NO7.